The number of aliphatic hydroxyl groups is 1. The number of carbonyl (C=O) groups excluding carboxylic acids is 2. The van der Waals surface area contributed by atoms with E-state index < -0.39 is 0 Å². The van der Waals surface area contributed by atoms with Gasteiger partial charge in [0.05, 0.1) is 19.1 Å². The number of hydrogen-bond donors (Lipinski definition) is 3. The van der Waals surface area contributed by atoms with E-state index in [1.54, 1.807) is 24.3 Å². The fourth-order valence-electron chi connectivity index (χ4n) is 2.35. The Kier molecular flexibility index (Phi) is 6.71. The van der Waals surface area contributed by atoms with Gasteiger partial charge in [-0.1, -0.05) is 36.8 Å². The summed E-state index contributed by atoms with van der Waals surface area (Å²) in [5.41, 5.74) is 3.24. The quantitative estimate of drug-likeness (QED) is 0.725. The molecule has 0 aliphatic heterocycles. The lowest BCUT2D eigenvalue weighted by Crippen LogP contribution is -2.36. The van der Waals surface area contributed by atoms with Crippen LogP contribution in [0.5, 0.6) is 0 Å². The molecule has 2 aromatic carbocycles. The molecule has 2 rings (SSSR count). The highest BCUT2D eigenvalue weighted by Gasteiger charge is 2.11. The molecular formula is C20H24N2O3. The van der Waals surface area contributed by atoms with Crippen molar-refractivity contribution in [1.82, 2.24) is 5.32 Å². The van der Waals surface area contributed by atoms with E-state index in [0.29, 0.717) is 24.1 Å². The van der Waals surface area contributed by atoms with Gasteiger partial charge in [-0.25, -0.2) is 0 Å². The molecule has 5 nitrogen and oxygen atoms in total. The number of aliphatic hydroxyl groups excluding tert-OH is 1. The van der Waals surface area contributed by atoms with Crippen LogP contribution < -0.4 is 10.6 Å². The van der Waals surface area contributed by atoms with Gasteiger partial charge in [-0.2, -0.15) is 0 Å². The first kappa shape index (κ1) is 18.7. The van der Waals surface area contributed by atoms with Crippen LogP contribution >= 0.6 is 0 Å². The Morgan fingerprint density at radius 3 is 2.24 bits per heavy atom. The summed E-state index contributed by atoms with van der Waals surface area (Å²) in [5, 5.41) is 14.7. The zero-order valence-electron chi connectivity index (χ0n) is 14.6. The topological polar surface area (TPSA) is 78.4 Å². The number of nitrogens with one attached hydrogen (secondary N) is 2. The van der Waals surface area contributed by atoms with Crippen molar-refractivity contribution in [2.75, 3.05) is 11.9 Å². The Morgan fingerprint density at radius 1 is 1.04 bits per heavy atom. The summed E-state index contributed by atoms with van der Waals surface area (Å²) in [4.78, 5) is 24.2. The van der Waals surface area contributed by atoms with Crippen molar-refractivity contribution in [1.29, 1.82) is 0 Å². The fraction of sp³-hybridized carbons (Fsp3) is 0.300. The SMILES string of the molecule is CCC(CO)NC(=O)c1ccc(NC(=O)Cc2ccc(C)cc2)cc1. The van der Waals surface area contributed by atoms with Crippen LogP contribution in [0.2, 0.25) is 0 Å². The summed E-state index contributed by atoms with van der Waals surface area (Å²) >= 11 is 0. The third-order valence-electron chi connectivity index (χ3n) is 3.96. The van der Waals surface area contributed by atoms with Crippen molar-refractivity contribution < 1.29 is 14.7 Å². The maximum atomic E-state index is 12.1. The summed E-state index contributed by atoms with van der Waals surface area (Å²) in [6, 6.07) is 14.3. The van der Waals surface area contributed by atoms with E-state index in [2.05, 4.69) is 10.6 Å². The molecule has 1 atom stereocenters. The average molecular weight is 340 g/mol. The summed E-state index contributed by atoms with van der Waals surface area (Å²) in [7, 11) is 0. The highest BCUT2D eigenvalue weighted by molar-refractivity contribution is 5.96. The van der Waals surface area contributed by atoms with Crippen LogP contribution in [0.15, 0.2) is 48.5 Å². The van der Waals surface area contributed by atoms with E-state index in [4.69, 9.17) is 5.11 Å². The molecule has 0 bridgehead atoms. The molecule has 0 spiro atoms. The van der Waals surface area contributed by atoms with Crippen molar-refractivity contribution in [3.05, 3.63) is 65.2 Å². The summed E-state index contributed by atoms with van der Waals surface area (Å²) in [6.45, 7) is 3.81. The lowest BCUT2D eigenvalue weighted by atomic mass is 10.1. The molecule has 0 aromatic heterocycles. The standard InChI is InChI=1S/C20H24N2O3/c1-3-17(13-23)22-20(25)16-8-10-18(11-9-16)21-19(24)12-15-6-4-14(2)5-7-15/h4-11,17,23H,3,12-13H2,1-2H3,(H,21,24)(H,22,25). The molecule has 0 saturated carbocycles. The van der Waals surface area contributed by atoms with Gasteiger partial charge in [0.15, 0.2) is 0 Å². The van der Waals surface area contributed by atoms with E-state index in [9.17, 15) is 9.59 Å². The Morgan fingerprint density at radius 2 is 1.68 bits per heavy atom. The van der Waals surface area contributed by atoms with E-state index in [1.165, 1.54) is 0 Å². The van der Waals surface area contributed by atoms with Gasteiger partial charge in [0.1, 0.15) is 0 Å². The minimum atomic E-state index is -0.249. The van der Waals surface area contributed by atoms with Gasteiger partial charge in [-0.3, -0.25) is 9.59 Å². The van der Waals surface area contributed by atoms with Crippen LogP contribution in [-0.2, 0) is 11.2 Å². The zero-order chi connectivity index (χ0) is 18.2. The molecule has 1 unspecified atom stereocenters. The van der Waals surface area contributed by atoms with Gasteiger partial charge in [-0.05, 0) is 43.2 Å². The second-order valence-electron chi connectivity index (χ2n) is 6.05. The number of amides is 2. The molecule has 2 aromatic rings. The first-order valence-corrected chi connectivity index (χ1v) is 8.39. The van der Waals surface area contributed by atoms with Crippen LogP contribution in [0.1, 0.15) is 34.8 Å². The first-order chi connectivity index (χ1) is 12.0. The zero-order valence-corrected chi connectivity index (χ0v) is 14.6. The number of anilines is 1. The van der Waals surface area contributed by atoms with Gasteiger partial charge >= 0.3 is 0 Å². The predicted octanol–water partition coefficient (Wildman–Crippen LogP) is 2.68. The Labute approximate surface area is 148 Å². The summed E-state index contributed by atoms with van der Waals surface area (Å²) in [6.07, 6.45) is 0.965. The molecule has 2 amide bonds. The van der Waals surface area contributed by atoms with Crippen molar-refractivity contribution in [2.45, 2.75) is 32.7 Å². The number of carbonyl (C=O) groups is 2. The molecule has 0 aliphatic carbocycles. The molecule has 5 heteroatoms. The van der Waals surface area contributed by atoms with Crippen molar-refractivity contribution in [3.8, 4) is 0 Å². The van der Waals surface area contributed by atoms with Crippen LogP contribution in [0.3, 0.4) is 0 Å². The minimum Gasteiger partial charge on any atom is -0.394 e. The molecule has 0 fully saturated rings. The molecule has 0 aliphatic rings. The van der Waals surface area contributed by atoms with E-state index >= 15 is 0 Å². The van der Waals surface area contributed by atoms with Crippen molar-refractivity contribution in [3.63, 3.8) is 0 Å². The van der Waals surface area contributed by atoms with Crippen LogP contribution in [0.25, 0.3) is 0 Å². The Hall–Kier alpha value is -2.66. The minimum absolute atomic E-state index is 0.0879. The summed E-state index contributed by atoms with van der Waals surface area (Å²) < 4.78 is 0. The van der Waals surface area contributed by atoms with E-state index in [1.807, 2.05) is 38.1 Å². The van der Waals surface area contributed by atoms with Crippen molar-refractivity contribution in [2.24, 2.45) is 0 Å². The highest BCUT2D eigenvalue weighted by Crippen LogP contribution is 2.11. The van der Waals surface area contributed by atoms with Crippen LogP contribution in [0.4, 0.5) is 5.69 Å². The second kappa shape index (κ2) is 8.99. The summed E-state index contributed by atoms with van der Waals surface area (Å²) in [5.74, 6) is -0.342. The predicted molar refractivity (Wildman–Crippen MR) is 98.6 cm³/mol. The van der Waals surface area contributed by atoms with Gasteiger partial charge in [0.25, 0.3) is 5.91 Å². The molecule has 25 heavy (non-hydrogen) atoms. The Balaban J connectivity index is 1.92. The molecule has 132 valence electrons. The van der Waals surface area contributed by atoms with Crippen LogP contribution in [0, 0.1) is 6.92 Å². The van der Waals surface area contributed by atoms with Gasteiger partial charge in [0, 0.05) is 11.3 Å². The molecule has 3 N–H and O–H groups in total. The van der Waals surface area contributed by atoms with Gasteiger partial charge in [-0.15, -0.1) is 0 Å². The normalized spacial score (nSPS) is 11.6. The lowest BCUT2D eigenvalue weighted by molar-refractivity contribution is -0.115. The molecule has 0 radical (unpaired) electrons. The molecular weight excluding hydrogens is 316 g/mol. The maximum Gasteiger partial charge on any atom is 0.251 e. The molecule has 0 heterocycles. The van der Waals surface area contributed by atoms with Crippen molar-refractivity contribution >= 4 is 17.5 Å². The number of aryl methyl sites for hydroxylation is 1. The lowest BCUT2D eigenvalue weighted by Gasteiger charge is -2.14. The van der Waals surface area contributed by atoms with E-state index in [-0.39, 0.29) is 24.5 Å². The maximum absolute atomic E-state index is 12.1. The van der Waals surface area contributed by atoms with Gasteiger partial charge in [0.2, 0.25) is 5.91 Å². The first-order valence-electron chi connectivity index (χ1n) is 8.39. The highest BCUT2D eigenvalue weighted by atomic mass is 16.3. The Bertz CT molecular complexity index is 705. The third kappa shape index (κ3) is 5.72. The fourth-order valence-corrected chi connectivity index (χ4v) is 2.35. The molecule has 0 saturated heterocycles. The van der Waals surface area contributed by atoms with E-state index in [0.717, 1.165) is 11.1 Å². The van der Waals surface area contributed by atoms with Gasteiger partial charge < -0.3 is 15.7 Å². The second-order valence-corrected chi connectivity index (χ2v) is 6.05. The largest absolute Gasteiger partial charge is 0.394 e. The number of benzene rings is 2. The number of hydrogen-bond acceptors (Lipinski definition) is 3. The monoisotopic (exact) mass is 340 g/mol. The average Bonchev–Trinajstić information content (AvgIpc) is 2.62. The number of rotatable bonds is 7. The van der Waals surface area contributed by atoms with Crippen LogP contribution in [-0.4, -0.2) is 29.6 Å². The third-order valence-corrected chi connectivity index (χ3v) is 3.96. The smallest absolute Gasteiger partial charge is 0.251 e.